The van der Waals surface area contributed by atoms with E-state index in [0.717, 1.165) is 17.8 Å². The van der Waals surface area contributed by atoms with Gasteiger partial charge in [0, 0.05) is 23.8 Å². The van der Waals surface area contributed by atoms with Crippen molar-refractivity contribution in [3.05, 3.63) is 46.7 Å². The summed E-state index contributed by atoms with van der Waals surface area (Å²) in [6, 6.07) is 5.43. The fraction of sp³-hybridized carbons (Fsp3) is 0.357. The first-order valence-electron chi connectivity index (χ1n) is 6.42. The second kappa shape index (κ2) is 6.07. The van der Waals surface area contributed by atoms with Crippen molar-refractivity contribution in [3.63, 3.8) is 0 Å². The molecule has 0 amide bonds. The quantitative estimate of drug-likeness (QED) is 0.922. The van der Waals surface area contributed by atoms with E-state index in [9.17, 15) is 13.2 Å². The molecule has 0 aliphatic heterocycles. The Morgan fingerprint density at radius 1 is 1.29 bits per heavy atom. The van der Waals surface area contributed by atoms with Gasteiger partial charge in [0.05, 0.1) is 16.9 Å². The Morgan fingerprint density at radius 3 is 2.62 bits per heavy atom. The third-order valence-corrected chi connectivity index (χ3v) is 3.03. The van der Waals surface area contributed by atoms with Gasteiger partial charge in [0.25, 0.3) is 0 Å². The average molecular weight is 318 g/mol. The van der Waals surface area contributed by atoms with Crippen LogP contribution in [-0.2, 0) is 12.7 Å². The summed E-state index contributed by atoms with van der Waals surface area (Å²) in [5, 5.41) is 7.46. The topological polar surface area (TPSA) is 29.9 Å². The number of nitrogens with one attached hydrogen (secondary N) is 1. The summed E-state index contributed by atoms with van der Waals surface area (Å²) in [4.78, 5) is 0. The molecule has 0 spiro atoms. The molecule has 1 aromatic heterocycles. The second-order valence-corrected chi connectivity index (χ2v) is 5.42. The van der Waals surface area contributed by atoms with Crippen molar-refractivity contribution in [2.24, 2.45) is 0 Å². The zero-order valence-corrected chi connectivity index (χ0v) is 12.3. The minimum absolute atomic E-state index is 0.0252. The zero-order valence-electron chi connectivity index (χ0n) is 11.6. The van der Waals surface area contributed by atoms with E-state index in [1.807, 2.05) is 13.8 Å². The molecule has 1 heterocycles. The van der Waals surface area contributed by atoms with Crippen molar-refractivity contribution in [2.45, 2.75) is 32.6 Å². The minimum atomic E-state index is -4.44. The smallest absolute Gasteiger partial charge is 0.309 e. The highest BCUT2D eigenvalue weighted by Crippen LogP contribution is 2.32. The summed E-state index contributed by atoms with van der Waals surface area (Å²) in [5.74, 6) is 0. The van der Waals surface area contributed by atoms with Crippen LogP contribution in [0.15, 0.2) is 30.5 Å². The number of halogens is 4. The maximum absolute atomic E-state index is 12.8. The summed E-state index contributed by atoms with van der Waals surface area (Å²) < 4.78 is 39.7. The van der Waals surface area contributed by atoms with Crippen LogP contribution in [0.5, 0.6) is 0 Å². The van der Waals surface area contributed by atoms with E-state index in [0.29, 0.717) is 12.6 Å². The van der Waals surface area contributed by atoms with Gasteiger partial charge in [-0.05, 0) is 24.3 Å². The Balaban J connectivity index is 2.28. The first-order valence-corrected chi connectivity index (χ1v) is 6.79. The van der Waals surface area contributed by atoms with Crippen molar-refractivity contribution >= 4 is 11.6 Å². The Kier molecular flexibility index (Phi) is 4.58. The number of aromatic nitrogens is 2. The molecule has 0 bridgehead atoms. The van der Waals surface area contributed by atoms with Crippen LogP contribution in [0.4, 0.5) is 13.2 Å². The van der Waals surface area contributed by atoms with Crippen LogP contribution in [0.1, 0.15) is 25.1 Å². The van der Waals surface area contributed by atoms with Crippen LogP contribution in [0.25, 0.3) is 5.69 Å². The summed E-state index contributed by atoms with van der Waals surface area (Å²) in [6.07, 6.45) is -2.82. The molecule has 0 unspecified atom stereocenters. The molecule has 0 fully saturated rings. The zero-order chi connectivity index (χ0) is 15.6. The Bertz CT molecular complexity index is 620. The van der Waals surface area contributed by atoms with Crippen molar-refractivity contribution in [1.29, 1.82) is 0 Å². The first-order chi connectivity index (χ1) is 9.75. The van der Waals surface area contributed by atoms with E-state index in [1.54, 1.807) is 12.3 Å². The molecule has 7 heteroatoms. The van der Waals surface area contributed by atoms with Gasteiger partial charge >= 0.3 is 6.18 Å². The van der Waals surface area contributed by atoms with Gasteiger partial charge < -0.3 is 5.32 Å². The van der Waals surface area contributed by atoms with Crippen LogP contribution < -0.4 is 5.32 Å². The molecule has 0 aliphatic carbocycles. The van der Waals surface area contributed by atoms with E-state index >= 15 is 0 Å². The molecule has 0 saturated carbocycles. The van der Waals surface area contributed by atoms with E-state index in [2.05, 4.69) is 10.4 Å². The molecule has 0 radical (unpaired) electrons. The third-order valence-electron chi connectivity index (χ3n) is 2.81. The van der Waals surface area contributed by atoms with Gasteiger partial charge in [0.1, 0.15) is 0 Å². The maximum Gasteiger partial charge on any atom is 0.416 e. The molecular weight excluding hydrogens is 303 g/mol. The van der Waals surface area contributed by atoms with Crippen LogP contribution in [0.3, 0.4) is 0 Å². The summed E-state index contributed by atoms with van der Waals surface area (Å²) >= 11 is 5.76. The van der Waals surface area contributed by atoms with E-state index in [1.165, 1.54) is 10.7 Å². The van der Waals surface area contributed by atoms with Crippen molar-refractivity contribution in [3.8, 4) is 5.69 Å². The molecule has 3 nitrogen and oxygen atoms in total. The predicted molar refractivity (Wildman–Crippen MR) is 75.6 cm³/mol. The maximum atomic E-state index is 12.8. The molecule has 2 aromatic rings. The molecule has 1 N–H and O–H groups in total. The lowest BCUT2D eigenvalue weighted by Crippen LogP contribution is -2.22. The lowest BCUT2D eigenvalue weighted by molar-refractivity contribution is -0.137. The summed E-state index contributed by atoms with van der Waals surface area (Å²) in [6.45, 7) is 4.56. The normalized spacial score (nSPS) is 12.1. The molecule has 2 rings (SSSR count). The Morgan fingerprint density at radius 2 is 2.00 bits per heavy atom. The van der Waals surface area contributed by atoms with Crippen molar-refractivity contribution in [1.82, 2.24) is 15.1 Å². The number of rotatable bonds is 4. The van der Waals surface area contributed by atoms with E-state index in [4.69, 9.17) is 11.6 Å². The standard InChI is InChI=1S/C14H15ClF3N3/c1-9(2)19-8-12-3-4-21(20-12)13-6-10(14(16,17)18)5-11(15)7-13/h3-7,9,19H,8H2,1-2H3. The average Bonchev–Trinajstić information content (AvgIpc) is 2.83. The van der Waals surface area contributed by atoms with Gasteiger partial charge in [-0.25, -0.2) is 4.68 Å². The van der Waals surface area contributed by atoms with Crippen LogP contribution in [0.2, 0.25) is 5.02 Å². The van der Waals surface area contributed by atoms with Gasteiger partial charge in [0.2, 0.25) is 0 Å². The largest absolute Gasteiger partial charge is 0.416 e. The first kappa shape index (κ1) is 15.9. The lowest BCUT2D eigenvalue weighted by Gasteiger charge is -2.10. The molecule has 1 aromatic carbocycles. The molecule has 0 atom stereocenters. The van der Waals surface area contributed by atoms with Gasteiger partial charge in [-0.15, -0.1) is 0 Å². The van der Waals surface area contributed by atoms with Gasteiger partial charge in [0.15, 0.2) is 0 Å². The van der Waals surface area contributed by atoms with Crippen LogP contribution in [-0.4, -0.2) is 15.8 Å². The lowest BCUT2D eigenvalue weighted by atomic mass is 10.2. The van der Waals surface area contributed by atoms with Crippen LogP contribution in [0, 0.1) is 0 Å². The van der Waals surface area contributed by atoms with Crippen molar-refractivity contribution < 1.29 is 13.2 Å². The minimum Gasteiger partial charge on any atom is -0.309 e. The number of alkyl halides is 3. The van der Waals surface area contributed by atoms with Crippen LogP contribution >= 0.6 is 11.6 Å². The SMILES string of the molecule is CC(C)NCc1ccn(-c2cc(Cl)cc(C(F)(F)F)c2)n1. The third kappa shape index (κ3) is 4.22. The van der Waals surface area contributed by atoms with Gasteiger partial charge in [-0.1, -0.05) is 25.4 Å². The van der Waals surface area contributed by atoms with Gasteiger partial charge in [-0.3, -0.25) is 0 Å². The molecule has 0 aliphatic rings. The van der Waals surface area contributed by atoms with Crippen molar-refractivity contribution in [2.75, 3.05) is 0 Å². The second-order valence-electron chi connectivity index (χ2n) is 4.98. The number of benzene rings is 1. The fourth-order valence-corrected chi connectivity index (χ4v) is 2.01. The molecule has 0 saturated heterocycles. The monoisotopic (exact) mass is 317 g/mol. The highest BCUT2D eigenvalue weighted by Gasteiger charge is 2.31. The predicted octanol–water partition coefficient (Wildman–Crippen LogP) is 4.04. The van der Waals surface area contributed by atoms with E-state index in [-0.39, 0.29) is 10.7 Å². The Hall–Kier alpha value is -1.53. The fourth-order valence-electron chi connectivity index (χ4n) is 1.78. The molecule has 114 valence electrons. The molecular formula is C14H15ClF3N3. The highest BCUT2D eigenvalue weighted by atomic mass is 35.5. The summed E-state index contributed by atoms with van der Waals surface area (Å²) in [5.41, 5.74) is 0.241. The highest BCUT2D eigenvalue weighted by molar-refractivity contribution is 6.30. The number of nitrogens with zero attached hydrogens (tertiary/aromatic N) is 2. The van der Waals surface area contributed by atoms with E-state index < -0.39 is 11.7 Å². The number of hydrogen-bond acceptors (Lipinski definition) is 2. The Labute approximate surface area is 125 Å². The molecule has 21 heavy (non-hydrogen) atoms. The summed E-state index contributed by atoms with van der Waals surface area (Å²) in [7, 11) is 0. The number of hydrogen-bond donors (Lipinski definition) is 1. The van der Waals surface area contributed by atoms with Gasteiger partial charge in [-0.2, -0.15) is 18.3 Å².